The summed E-state index contributed by atoms with van der Waals surface area (Å²) in [4.78, 5) is 12.0. The van der Waals surface area contributed by atoms with Gasteiger partial charge < -0.3 is 15.7 Å². The molecule has 2 amide bonds. The Morgan fingerprint density at radius 3 is 2.19 bits per heavy atom. The Labute approximate surface area is 128 Å². The van der Waals surface area contributed by atoms with E-state index in [4.69, 9.17) is 5.11 Å². The standard InChI is InChI=1S/C17H28N2O2/c1-12(2)15(10-11-20)19-16(21)18-14-8-6-13(7-9-14)17(3,4)5/h6-9,12,15,20H,10-11H2,1-5H3,(H2,18,19,21). The maximum Gasteiger partial charge on any atom is 0.319 e. The second kappa shape index (κ2) is 7.46. The summed E-state index contributed by atoms with van der Waals surface area (Å²) in [6.45, 7) is 10.6. The summed E-state index contributed by atoms with van der Waals surface area (Å²) in [5, 5.41) is 14.8. The molecule has 0 aromatic heterocycles. The van der Waals surface area contributed by atoms with Crippen molar-refractivity contribution < 1.29 is 9.90 Å². The van der Waals surface area contributed by atoms with Crippen molar-refractivity contribution in [2.45, 2.75) is 52.5 Å². The number of carbonyl (C=O) groups excluding carboxylic acids is 1. The molecule has 3 N–H and O–H groups in total. The van der Waals surface area contributed by atoms with Crippen LogP contribution in [0.2, 0.25) is 0 Å². The number of carbonyl (C=O) groups is 1. The van der Waals surface area contributed by atoms with E-state index in [0.29, 0.717) is 6.42 Å². The molecule has 0 saturated carbocycles. The summed E-state index contributed by atoms with van der Waals surface area (Å²) in [6.07, 6.45) is 0.564. The molecule has 0 spiro atoms. The molecular weight excluding hydrogens is 264 g/mol. The van der Waals surface area contributed by atoms with Crippen LogP contribution in [0.5, 0.6) is 0 Å². The molecule has 1 rings (SSSR count). The average Bonchev–Trinajstić information content (AvgIpc) is 2.37. The summed E-state index contributed by atoms with van der Waals surface area (Å²) in [5.74, 6) is 0.283. The first-order chi connectivity index (χ1) is 9.74. The number of anilines is 1. The molecule has 1 atom stereocenters. The van der Waals surface area contributed by atoms with Gasteiger partial charge in [-0.3, -0.25) is 0 Å². The van der Waals surface area contributed by atoms with E-state index in [0.717, 1.165) is 5.69 Å². The number of amides is 2. The minimum atomic E-state index is -0.231. The van der Waals surface area contributed by atoms with E-state index >= 15 is 0 Å². The molecule has 4 nitrogen and oxygen atoms in total. The highest BCUT2D eigenvalue weighted by molar-refractivity contribution is 5.89. The van der Waals surface area contributed by atoms with Crippen molar-refractivity contribution in [3.8, 4) is 0 Å². The number of aliphatic hydroxyl groups excluding tert-OH is 1. The molecular formula is C17H28N2O2. The van der Waals surface area contributed by atoms with Gasteiger partial charge in [-0.1, -0.05) is 46.8 Å². The number of benzene rings is 1. The topological polar surface area (TPSA) is 61.4 Å². The molecule has 0 saturated heterocycles. The van der Waals surface area contributed by atoms with Crippen LogP contribution < -0.4 is 10.6 Å². The molecule has 0 bridgehead atoms. The van der Waals surface area contributed by atoms with Crippen LogP contribution in [-0.4, -0.2) is 23.8 Å². The summed E-state index contributed by atoms with van der Waals surface area (Å²) in [6, 6.07) is 7.63. The number of urea groups is 1. The lowest BCUT2D eigenvalue weighted by molar-refractivity contribution is 0.227. The van der Waals surface area contributed by atoms with Crippen molar-refractivity contribution in [1.82, 2.24) is 5.32 Å². The number of aliphatic hydroxyl groups is 1. The lowest BCUT2D eigenvalue weighted by Gasteiger charge is -2.22. The second-order valence-corrected chi connectivity index (χ2v) is 6.79. The van der Waals surface area contributed by atoms with Gasteiger partial charge in [-0.05, 0) is 35.4 Å². The van der Waals surface area contributed by atoms with Gasteiger partial charge in [-0.2, -0.15) is 0 Å². The molecule has 0 aliphatic heterocycles. The van der Waals surface area contributed by atoms with Crippen LogP contribution in [0.3, 0.4) is 0 Å². The van der Waals surface area contributed by atoms with Crippen LogP contribution in [0.15, 0.2) is 24.3 Å². The first kappa shape index (κ1) is 17.5. The monoisotopic (exact) mass is 292 g/mol. The molecule has 0 aliphatic rings. The highest BCUT2D eigenvalue weighted by atomic mass is 16.3. The second-order valence-electron chi connectivity index (χ2n) is 6.79. The number of rotatable bonds is 5. The maximum absolute atomic E-state index is 12.0. The van der Waals surface area contributed by atoms with Crippen LogP contribution in [-0.2, 0) is 5.41 Å². The van der Waals surface area contributed by atoms with E-state index < -0.39 is 0 Å². The highest BCUT2D eigenvalue weighted by Crippen LogP contribution is 2.23. The van der Waals surface area contributed by atoms with E-state index in [1.165, 1.54) is 5.56 Å². The third-order valence-electron chi connectivity index (χ3n) is 3.57. The van der Waals surface area contributed by atoms with Crippen molar-refractivity contribution in [3.63, 3.8) is 0 Å². The summed E-state index contributed by atoms with van der Waals surface area (Å²) in [5.41, 5.74) is 2.10. The van der Waals surface area contributed by atoms with Gasteiger partial charge >= 0.3 is 6.03 Å². The molecule has 21 heavy (non-hydrogen) atoms. The van der Waals surface area contributed by atoms with Crippen LogP contribution in [0, 0.1) is 5.92 Å². The van der Waals surface area contributed by atoms with Crippen LogP contribution >= 0.6 is 0 Å². The molecule has 0 heterocycles. The van der Waals surface area contributed by atoms with Gasteiger partial charge in [-0.15, -0.1) is 0 Å². The first-order valence-corrected chi connectivity index (χ1v) is 7.53. The molecule has 4 heteroatoms. The largest absolute Gasteiger partial charge is 0.396 e. The van der Waals surface area contributed by atoms with Crippen molar-refractivity contribution in [1.29, 1.82) is 0 Å². The Morgan fingerprint density at radius 1 is 1.19 bits per heavy atom. The normalized spacial score (nSPS) is 13.1. The minimum absolute atomic E-state index is 0.0242. The summed E-state index contributed by atoms with van der Waals surface area (Å²) >= 11 is 0. The Morgan fingerprint density at radius 2 is 1.76 bits per heavy atom. The van der Waals surface area contributed by atoms with E-state index in [-0.39, 0.29) is 30.0 Å². The van der Waals surface area contributed by atoms with Gasteiger partial charge in [0.2, 0.25) is 0 Å². The number of nitrogens with one attached hydrogen (secondary N) is 2. The van der Waals surface area contributed by atoms with Crippen LogP contribution in [0.4, 0.5) is 10.5 Å². The van der Waals surface area contributed by atoms with E-state index in [9.17, 15) is 4.79 Å². The zero-order valence-corrected chi connectivity index (χ0v) is 13.7. The fourth-order valence-electron chi connectivity index (χ4n) is 2.10. The average molecular weight is 292 g/mol. The van der Waals surface area contributed by atoms with Gasteiger partial charge in [0.25, 0.3) is 0 Å². The smallest absolute Gasteiger partial charge is 0.319 e. The van der Waals surface area contributed by atoms with Crippen LogP contribution in [0.25, 0.3) is 0 Å². The number of hydrogen-bond acceptors (Lipinski definition) is 2. The molecule has 1 aromatic carbocycles. The Kier molecular flexibility index (Phi) is 6.21. The summed E-state index contributed by atoms with van der Waals surface area (Å²) in [7, 11) is 0. The zero-order valence-electron chi connectivity index (χ0n) is 13.7. The van der Waals surface area contributed by atoms with Crippen molar-refractivity contribution >= 4 is 11.7 Å². The van der Waals surface area contributed by atoms with Gasteiger partial charge in [-0.25, -0.2) is 4.79 Å². The predicted molar refractivity (Wildman–Crippen MR) is 87.6 cm³/mol. The Bertz CT molecular complexity index is 447. The van der Waals surface area contributed by atoms with Crippen molar-refractivity contribution in [2.75, 3.05) is 11.9 Å². The lowest BCUT2D eigenvalue weighted by Crippen LogP contribution is -2.41. The fourth-order valence-corrected chi connectivity index (χ4v) is 2.10. The minimum Gasteiger partial charge on any atom is -0.396 e. The quantitative estimate of drug-likeness (QED) is 0.777. The first-order valence-electron chi connectivity index (χ1n) is 7.53. The zero-order chi connectivity index (χ0) is 16.0. The van der Waals surface area contributed by atoms with Gasteiger partial charge in [0, 0.05) is 18.3 Å². The van der Waals surface area contributed by atoms with E-state index in [1.807, 2.05) is 38.1 Å². The predicted octanol–water partition coefficient (Wildman–Crippen LogP) is 3.51. The third-order valence-corrected chi connectivity index (χ3v) is 3.57. The highest BCUT2D eigenvalue weighted by Gasteiger charge is 2.16. The Hall–Kier alpha value is -1.55. The molecule has 1 unspecified atom stereocenters. The lowest BCUT2D eigenvalue weighted by atomic mass is 9.87. The number of hydrogen-bond donors (Lipinski definition) is 3. The molecule has 0 fully saturated rings. The van der Waals surface area contributed by atoms with Gasteiger partial charge in [0.1, 0.15) is 0 Å². The maximum atomic E-state index is 12.0. The molecule has 0 radical (unpaired) electrons. The Balaban J connectivity index is 2.62. The van der Waals surface area contributed by atoms with Crippen molar-refractivity contribution in [2.24, 2.45) is 5.92 Å². The van der Waals surface area contributed by atoms with E-state index in [1.54, 1.807) is 0 Å². The van der Waals surface area contributed by atoms with Gasteiger partial charge in [0.15, 0.2) is 0 Å². The molecule has 118 valence electrons. The SMILES string of the molecule is CC(C)C(CCO)NC(=O)Nc1ccc(C(C)(C)C)cc1. The summed E-state index contributed by atoms with van der Waals surface area (Å²) < 4.78 is 0. The molecule has 0 aliphatic carbocycles. The fraction of sp³-hybridized carbons (Fsp3) is 0.588. The van der Waals surface area contributed by atoms with Gasteiger partial charge in [0.05, 0.1) is 0 Å². The van der Waals surface area contributed by atoms with Crippen molar-refractivity contribution in [3.05, 3.63) is 29.8 Å². The van der Waals surface area contributed by atoms with E-state index in [2.05, 4.69) is 31.4 Å². The van der Waals surface area contributed by atoms with Crippen LogP contribution in [0.1, 0.15) is 46.6 Å². The third kappa shape index (κ3) is 5.76. The molecule has 1 aromatic rings.